The van der Waals surface area contributed by atoms with E-state index in [9.17, 15) is 4.79 Å². The molecule has 0 radical (unpaired) electrons. The van der Waals surface area contributed by atoms with Crippen LogP contribution in [-0.2, 0) is 4.79 Å². The minimum absolute atomic E-state index is 0.0306. The van der Waals surface area contributed by atoms with E-state index in [-0.39, 0.29) is 11.9 Å². The second-order valence-electron chi connectivity index (χ2n) is 5.36. The van der Waals surface area contributed by atoms with Crippen molar-refractivity contribution in [2.75, 3.05) is 11.6 Å². The first-order chi connectivity index (χ1) is 11.3. The van der Waals surface area contributed by atoms with E-state index in [4.69, 9.17) is 0 Å². The van der Waals surface area contributed by atoms with Crippen LogP contribution in [0, 0.1) is 0 Å². The van der Waals surface area contributed by atoms with Crippen molar-refractivity contribution in [2.24, 2.45) is 5.10 Å². The van der Waals surface area contributed by atoms with Crippen molar-refractivity contribution in [3.8, 4) is 0 Å². The number of nitrogens with one attached hydrogen (secondary N) is 1. The van der Waals surface area contributed by atoms with Crippen molar-refractivity contribution in [2.45, 2.75) is 12.5 Å². The maximum Gasteiger partial charge on any atom is 0.267 e. The molecule has 0 saturated heterocycles. The molecule has 1 N–H and O–H groups in total. The Kier molecular flexibility index (Phi) is 4.52. The fraction of sp³-hybridized carbons (Fsp3) is 0.158. The van der Waals surface area contributed by atoms with Crippen molar-refractivity contribution >= 4 is 17.3 Å². The first-order valence-electron chi connectivity index (χ1n) is 7.65. The Bertz CT molecular complexity index is 710. The zero-order chi connectivity index (χ0) is 16.1. The van der Waals surface area contributed by atoms with Crippen molar-refractivity contribution in [3.05, 3.63) is 78.9 Å². The van der Waals surface area contributed by atoms with Gasteiger partial charge in [-0.05, 0) is 17.7 Å². The second-order valence-corrected chi connectivity index (χ2v) is 5.36. The van der Waals surface area contributed by atoms with Gasteiger partial charge in [0.25, 0.3) is 5.91 Å². The van der Waals surface area contributed by atoms with Gasteiger partial charge in [0.15, 0.2) is 0 Å². The molecule has 2 aromatic carbocycles. The lowest BCUT2D eigenvalue weighted by atomic mass is 10.0. The number of hydrogen-bond donors (Lipinski definition) is 1. The van der Waals surface area contributed by atoms with Gasteiger partial charge in [-0.1, -0.05) is 54.6 Å². The first-order valence-corrected chi connectivity index (χ1v) is 7.65. The lowest BCUT2D eigenvalue weighted by Gasteiger charge is -2.23. The van der Waals surface area contributed by atoms with E-state index < -0.39 is 0 Å². The molecule has 4 heteroatoms. The molecule has 0 spiro atoms. The van der Waals surface area contributed by atoms with Crippen LogP contribution in [0.15, 0.2) is 78.4 Å². The molecule has 0 aliphatic carbocycles. The van der Waals surface area contributed by atoms with Crippen LogP contribution in [0.3, 0.4) is 0 Å². The standard InChI is InChI=1S/C19H19N3O/c1-2-13-20-19(23)17-14-18(15-9-5-3-6-10-15)22(21-17)16-11-7-4-8-12-16/h2-12,18H,1,13-14H2,(H,20,23)/t18-/m0/s1. The Balaban J connectivity index is 1.91. The van der Waals surface area contributed by atoms with Crippen LogP contribution in [0.1, 0.15) is 18.0 Å². The average molecular weight is 305 g/mol. The number of hydrazone groups is 1. The maximum atomic E-state index is 12.2. The molecule has 4 nitrogen and oxygen atoms in total. The van der Waals surface area contributed by atoms with Crippen LogP contribution < -0.4 is 10.3 Å². The first kappa shape index (κ1) is 15.0. The predicted molar refractivity (Wildman–Crippen MR) is 93.4 cm³/mol. The number of carbonyl (C=O) groups excluding carboxylic acids is 1. The Hall–Kier alpha value is -2.88. The summed E-state index contributed by atoms with van der Waals surface area (Å²) in [5, 5.41) is 9.31. The summed E-state index contributed by atoms with van der Waals surface area (Å²) in [6, 6.07) is 20.1. The van der Waals surface area contributed by atoms with Gasteiger partial charge < -0.3 is 5.32 Å². The molecule has 1 aliphatic heterocycles. The molecule has 0 unspecified atom stereocenters. The largest absolute Gasteiger partial charge is 0.347 e. The van der Waals surface area contributed by atoms with Gasteiger partial charge >= 0.3 is 0 Å². The highest BCUT2D eigenvalue weighted by atomic mass is 16.2. The number of benzene rings is 2. The van der Waals surface area contributed by atoms with Crippen LogP contribution in [0.2, 0.25) is 0 Å². The lowest BCUT2D eigenvalue weighted by molar-refractivity contribution is -0.114. The molecule has 2 aromatic rings. The molecule has 0 fully saturated rings. The lowest BCUT2D eigenvalue weighted by Crippen LogP contribution is -2.30. The van der Waals surface area contributed by atoms with Gasteiger partial charge in [0.2, 0.25) is 0 Å². The van der Waals surface area contributed by atoms with Crippen molar-refractivity contribution in [1.29, 1.82) is 0 Å². The summed E-state index contributed by atoms with van der Waals surface area (Å²) in [6.07, 6.45) is 2.25. The minimum atomic E-state index is -0.135. The highest BCUT2D eigenvalue weighted by Crippen LogP contribution is 2.34. The minimum Gasteiger partial charge on any atom is -0.347 e. The molecule has 1 aliphatic rings. The van der Waals surface area contributed by atoms with E-state index in [1.165, 1.54) is 0 Å². The number of rotatable bonds is 5. The van der Waals surface area contributed by atoms with E-state index in [0.717, 1.165) is 11.3 Å². The fourth-order valence-corrected chi connectivity index (χ4v) is 2.67. The van der Waals surface area contributed by atoms with Crippen LogP contribution in [0.5, 0.6) is 0 Å². The summed E-state index contributed by atoms with van der Waals surface area (Å²) in [5.41, 5.74) is 2.67. The van der Waals surface area contributed by atoms with E-state index in [2.05, 4.69) is 29.1 Å². The molecule has 3 rings (SSSR count). The normalized spacial score (nSPS) is 16.8. The van der Waals surface area contributed by atoms with Crippen LogP contribution in [0.25, 0.3) is 0 Å². The average Bonchev–Trinajstić information content (AvgIpc) is 3.06. The van der Waals surface area contributed by atoms with E-state index >= 15 is 0 Å². The Morgan fingerprint density at radius 3 is 2.48 bits per heavy atom. The number of hydrogen-bond acceptors (Lipinski definition) is 3. The molecule has 1 atom stereocenters. The third kappa shape index (κ3) is 3.31. The SMILES string of the molecule is C=CCNC(=O)C1=NN(c2ccccc2)[C@H](c2ccccc2)C1. The number of amides is 1. The van der Waals surface area contributed by atoms with Gasteiger partial charge in [-0.3, -0.25) is 9.80 Å². The van der Waals surface area contributed by atoms with Gasteiger partial charge in [0.05, 0.1) is 11.7 Å². The Labute approximate surface area is 136 Å². The highest BCUT2D eigenvalue weighted by molar-refractivity contribution is 6.39. The molecule has 0 saturated carbocycles. The number of nitrogens with zero attached hydrogens (tertiary/aromatic N) is 2. The van der Waals surface area contributed by atoms with Gasteiger partial charge in [0, 0.05) is 13.0 Å². The second kappa shape index (κ2) is 6.92. The zero-order valence-electron chi connectivity index (χ0n) is 12.9. The molecule has 23 heavy (non-hydrogen) atoms. The summed E-state index contributed by atoms with van der Waals surface area (Å²) in [5.74, 6) is -0.135. The van der Waals surface area contributed by atoms with Crippen LogP contribution >= 0.6 is 0 Å². The summed E-state index contributed by atoms with van der Waals surface area (Å²) in [4.78, 5) is 12.2. The summed E-state index contributed by atoms with van der Waals surface area (Å²) in [7, 11) is 0. The summed E-state index contributed by atoms with van der Waals surface area (Å²) >= 11 is 0. The third-order valence-electron chi connectivity index (χ3n) is 3.78. The third-order valence-corrected chi connectivity index (χ3v) is 3.78. The summed E-state index contributed by atoms with van der Waals surface area (Å²) in [6.45, 7) is 4.06. The molecule has 1 heterocycles. The van der Waals surface area contributed by atoms with Crippen molar-refractivity contribution < 1.29 is 4.79 Å². The highest BCUT2D eigenvalue weighted by Gasteiger charge is 2.31. The molecular formula is C19H19N3O. The van der Waals surface area contributed by atoms with Crippen molar-refractivity contribution in [1.82, 2.24) is 5.32 Å². The van der Waals surface area contributed by atoms with Gasteiger partial charge in [-0.25, -0.2) is 0 Å². The molecule has 0 aromatic heterocycles. The van der Waals surface area contributed by atoms with Crippen molar-refractivity contribution in [3.63, 3.8) is 0 Å². The Morgan fingerprint density at radius 1 is 1.17 bits per heavy atom. The summed E-state index contributed by atoms with van der Waals surface area (Å²) < 4.78 is 0. The van der Waals surface area contributed by atoms with Gasteiger partial charge in [-0.2, -0.15) is 5.10 Å². The number of anilines is 1. The van der Waals surface area contributed by atoms with Crippen LogP contribution in [-0.4, -0.2) is 18.2 Å². The number of para-hydroxylation sites is 1. The van der Waals surface area contributed by atoms with Gasteiger partial charge in [0.1, 0.15) is 5.71 Å². The smallest absolute Gasteiger partial charge is 0.267 e. The Morgan fingerprint density at radius 2 is 1.83 bits per heavy atom. The van der Waals surface area contributed by atoms with E-state index in [1.807, 2.05) is 53.5 Å². The maximum absolute atomic E-state index is 12.2. The fourth-order valence-electron chi connectivity index (χ4n) is 2.67. The monoisotopic (exact) mass is 305 g/mol. The van der Waals surface area contributed by atoms with Crippen LogP contribution in [0.4, 0.5) is 5.69 Å². The van der Waals surface area contributed by atoms with E-state index in [0.29, 0.717) is 18.7 Å². The molecule has 0 bridgehead atoms. The quantitative estimate of drug-likeness (QED) is 0.862. The number of carbonyl (C=O) groups is 1. The predicted octanol–water partition coefficient (Wildman–Crippen LogP) is 3.30. The molecule has 116 valence electrons. The molecular weight excluding hydrogens is 286 g/mol. The zero-order valence-corrected chi connectivity index (χ0v) is 12.9. The van der Waals surface area contributed by atoms with Gasteiger partial charge in [-0.15, -0.1) is 6.58 Å². The molecule has 1 amide bonds. The van der Waals surface area contributed by atoms with E-state index in [1.54, 1.807) is 6.08 Å². The topological polar surface area (TPSA) is 44.7 Å².